The Hall–Kier alpha value is -2.87. The van der Waals surface area contributed by atoms with Crippen LogP contribution in [0.5, 0.6) is 0 Å². The van der Waals surface area contributed by atoms with Gasteiger partial charge in [0.25, 0.3) is 0 Å². The minimum Gasteiger partial charge on any atom is -0.480 e. The molecule has 1 aliphatic heterocycles. The first kappa shape index (κ1) is 22.3. The van der Waals surface area contributed by atoms with Crippen LogP contribution in [-0.2, 0) is 22.6 Å². The lowest BCUT2D eigenvalue weighted by atomic mass is 10.1. The number of fused-ring (bicyclic) bond motifs is 1. The molecule has 1 aromatic carbocycles. The molecule has 2 fully saturated rings. The van der Waals surface area contributed by atoms with E-state index in [2.05, 4.69) is 17.6 Å². The van der Waals surface area contributed by atoms with Crippen LogP contribution in [0.1, 0.15) is 50.3 Å². The van der Waals surface area contributed by atoms with Gasteiger partial charge in [0.05, 0.1) is 13.1 Å². The van der Waals surface area contributed by atoms with Gasteiger partial charge in [0.15, 0.2) is 0 Å². The number of carboxylic acids is 1. The zero-order valence-electron chi connectivity index (χ0n) is 18.7. The maximum absolute atomic E-state index is 13.0. The lowest BCUT2D eigenvalue weighted by Crippen LogP contribution is -2.45. The summed E-state index contributed by atoms with van der Waals surface area (Å²) < 4.78 is 2.27. The molecule has 1 aromatic heterocycles. The molecule has 1 saturated heterocycles. The number of amides is 1. The lowest BCUT2D eigenvalue weighted by Gasteiger charge is -2.28. The van der Waals surface area contributed by atoms with Crippen LogP contribution in [0.2, 0.25) is 0 Å². The molecule has 0 radical (unpaired) electrons. The monoisotopic (exact) mass is 439 g/mol. The smallest absolute Gasteiger partial charge is 0.317 e. The summed E-state index contributed by atoms with van der Waals surface area (Å²) in [5, 5.41) is 18.0. The predicted molar refractivity (Wildman–Crippen MR) is 124 cm³/mol. The topological polar surface area (TPSA) is 116 Å². The Morgan fingerprint density at radius 1 is 1.22 bits per heavy atom. The first-order valence-corrected chi connectivity index (χ1v) is 11.6. The molecule has 1 amide bonds. The Balaban J connectivity index is 1.43. The number of carbonyl (C=O) groups is 2. The van der Waals surface area contributed by atoms with Gasteiger partial charge in [-0.3, -0.25) is 19.9 Å². The van der Waals surface area contributed by atoms with Crippen LogP contribution < -0.4 is 5.73 Å². The standard InChI is InChI=1S/C24H33N5O3/c1-2-28-20(12-16-5-6-17(24(25)26)13-21(16)28)10-9-19-4-3-11-29(19)22(30)14-27(15-23(31)32)18-7-8-18/h5-6,12-13,18-19H,2-4,7-11,14-15H2,1H3,(H3,25,26)(H,31,32)/t19-/m0/s1. The SMILES string of the molecule is CCn1c(CC[C@@H]2CCCN2C(=O)CN(CC(=O)O)C2CC2)cc2ccc(C(=N)N)cc21. The Kier molecular flexibility index (Phi) is 6.50. The Morgan fingerprint density at radius 2 is 2.00 bits per heavy atom. The molecule has 1 atom stereocenters. The van der Waals surface area contributed by atoms with Crippen LogP contribution in [0.3, 0.4) is 0 Å². The third-order valence-corrected chi connectivity index (χ3v) is 6.79. The van der Waals surface area contributed by atoms with Crippen LogP contribution in [-0.4, -0.2) is 68.9 Å². The molecule has 0 bridgehead atoms. The van der Waals surface area contributed by atoms with Gasteiger partial charge in [0.1, 0.15) is 5.84 Å². The van der Waals surface area contributed by atoms with Crippen LogP contribution in [0.25, 0.3) is 10.9 Å². The molecule has 172 valence electrons. The molecular weight excluding hydrogens is 406 g/mol. The van der Waals surface area contributed by atoms with E-state index in [9.17, 15) is 14.7 Å². The Labute approximate surface area is 188 Å². The van der Waals surface area contributed by atoms with Crippen molar-refractivity contribution >= 4 is 28.6 Å². The second kappa shape index (κ2) is 9.32. The number of nitrogen functional groups attached to an aromatic ring is 1. The number of benzene rings is 1. The molecule has 8 heteroatoms. The number of aliphatic carboxylic acids is 1. The molecule has 2 aromatic rings. The van der Waals surface area contributed by atoms with Crippen molar-refractivity contribution in [3.8, 4) is 0 Å². The Morgan fingerprint density at radius 3 is 2.66 bits per heavy atom. The van der Waals surface area contributed by atoms with Crippen LogP contribution in [0, 0.1) is 5.41 Å². The highest BCUT2D eigenvalue weighted by molar-refractivity contribution is 5.98. The van der Waals surface area contributed by atoms with Gasteiger partial charge in [-0.05, 0) is 63.0 Å². The molecule has 4 rings (SSSR count). The summed E-state index contributed by atoms with van der Waals surface area (Å²) >= 11 is 0. The summed E-state index contributed by atoms with van der Waals surface area (Å²) in [6, 6.07) is 8.52. The Bertz CT molecular complexity index is 1030. The number of hydrogen-bond donors (Lipinski definition) is 3. The van der Waals surface area contributed by atoms with E-state index in [0.29, 0.717) is 0 Å². The molecule has 0 unspecified atom stereocenters. The zero-order valence-corrected chi connectivity index (χ0v) is 18.7. The number of carboxylic acid groups (broad SMARTS) is 1. The summed E-state index contributed by atoms with van der Waals surface area (Å²) in [5.41, 5.74) is 8.72. The number of nitrogens with one attached hydrogen (secondary N) is 1. The molecule has 1 saturated carbocycles. The fraction of sp³-hybridized carbons (Fsp3) is 0.542. The maximum Gasteiger partial charge on any atom is 0.317 e. The average molecular weight is 440 g/mol. The van der Waals surface area contributed by atoms with E-state index in [1.807, 2.05) is 28.0 Å². The van der Waals surface area contributed by atoms with E-state index in [0.717, 1.165) is 68.1 Å². The molecular formula is C24H33N5O3. The fourth-order valence-corrected chi connectivity index (χ4v) is 5.03. The first-order chi connectivity index (χ1) is 15.4. The molecule has 0 spiro atoms. The van der Waals surface area contributed by atoms with E-state index in [1.54, 1.807) is 0 Å². The van der Waals surface area contributed by atoms with E-state index in [4.69, 9.17) is 11.1 Å². The van der Waals surface area contributed by atoms with Gasteiger partial charge in [-0.1, -0.05) is 12.1 Å². The highest BCUT2D eigenvalue weighted by Gasteiger charge is 2.35. The summed E-state index contributed by atoms with van der Waals surface area (Å²) in [5.74, 6) is -0.744. The van der Waals surface area contributed by atoms with Gasteiger partial charge in [-0.2, -0.15) is 0 Å². The molecule has 2 aliphatic rings. The minimum absolute atomic E-state index is 0.0581. The molecule has 1 aliphatic carbocycles. The molecule has 32 heavy (non-hydrogen) atoms. The van der Waals surface area contributed by atoms with Crippen molar-refractivity contribution in [2.45, 2.75) is 64.1 Å². The number of carbonyl (C=O) groups excluding carboxylic acids is 1. The van der Waals surface area contributed by atoms with Crippen molar-refractivity contribution in [2.75, 3.05) is 19.6 Å². The summed E-state index contributed by atoms with van der Waals surface area (Å²) in [6.07, 6.45) is 5.72. The predicted octanol–water partition coefficient (Wildman–Crippen LogP) is 2.42. The fourth-order valence-electron chi connectivity index (χ4n) is 5.03. The number of likely N-dealkylation sites (tertiary alicyclic amines) is 1. The number of aromatic nitrogens is 1. The molecule has 4 N–H and O–H groups in total. The van der Waals surface area contributed by atoms with Gasteiger partial charge < -0.3 is 20.3 Å². The summed E-state index contributed by atoms with van der Waals surface area (Å²) in [7, 11) is 0. The van der Waals surface area contributed by atoms with Crippen LogP contribution in [0.15, 0.2) is 24.3 Å². The molecule has 2 heterocycles. The number of nitrogens with zero attached hydrogens (tertiary/aromatic N) is 3. The number of nitrogens with two attached hydrogens (primary N) is 1. The number of hydrogen-bond acceptors (Lipinski definition) is 4. The van der Waals surface area contributed by atoms with E-state index >= 15 is 0 Å². The third-order valence-electron chi connectivity index (χ3n) is 6.79. The van der Waals surface area contributed by atoms with Crippen molar-refractivity contribution in [1.82, 2.24) is 14.4 Å². The second-order valence-corrected chi connectivity index (χ2v) is 9.02. The van der Waals surface area contributed by atoms with Gasteiger partial charge in [-0.25, -0.2) is 0 Å². The molecule has 8 nitrogen and oxygen atoms in total. The van der Waals surface area contributed by atoms with E-state index in [-0.39, 0.29) is 36.9 Å². The quantitative estimate of drug-likeness (QED) is 0.388. The summed E-state index contributed by atoms with van der Waals surface area (Å²) in [6.45, 7) is 3.85. The highest BCUT2D eigenvalue weighted by Crippen LogP contribution is 2.29. The van der Waals surface area contributed by atoms with Gasteiger partial charge >= 0.3 is 5.97 Å². The largest absolute Gasteiger partial charge is 0.480 e. The minimum atomic E-state index is -0.872. The van der Waals surface area contributed by atoms with E-state index in [1.165, 1.54) is 5.69 Å². The van der Waals surface area contributed by atoms with Crippen molar-refractivity contribution < 1.29 is 14.7 Å². The first-order valence-electron chi connectivity index (χ1n) is 11.6. The second-order valence-electron chi connectivity index (χ2n) is 9.02. The van der Waals surface area contributed by atoms with Gasteiger partial charge in [0.2, 0.25) is 5.91 Å². The van der Waals surface area contributed by atoms with Gasteiger partial charge in [0, 0.05) is 41.9 Å². The van der Waals surface area contributed by atoms with Crippen molar-refractivity contribution in [3.63, 3.8) is 0 Å². The van der Waals surface area contributed by atoms with Crippen molar-refractivity contribution in [3.05, 3.63) is 35.5 Å². The summed E-state index contributed by atoms with van der Waals surface area (Å²) in [4.78, 5) is 28.0. The van der Waals surface area contributed by atoms with E-state index < -0.39 is 5.97 Å². The average Bonchev–Trinajstić information content (AvgIpc) is 3.38. The highest BCUT2D eigenvalue weighted by atomic mass is 16.4. The third kappa shape index (κ3) is 4.80. The number of amidine groups is 1. The van der Waals surface area contributed by atoms with Gasteiger partial charge in [-0.15, -0.1) is 0 Å². The lowest BCUT2D eigenvalue weighted by molar-refractivity contribution is -0.140. The zero-order chi connectivity index (χ0) is 22.8. The normalized spacial score (nSPS) is 18.6. The van der Waals surface area contributed by atoms with Crippen LogP contribution >= 0.6 is 0 Å². The number of rotatable bonds is 10. The maximum atomic E-state index is 13.0. The van der Waals surface area contributed by atoms with Crippen LogP contribution in [0.4, 0.5) is 0 Å². The number of aryl methyl sites for hydroxylation is 2. The van der Waals surface area contributed by atoms with Crippen molar-refractivity contribution in [2.24, 2.45) is 5.73 Å². The van der Waals surface area contributed by atoms with Crippen molar-refractivity contribution in [1.29, 1.82) is 5.41 Å².